The first kappa shape index (κ1) is 20.3. The van der Waals surface area contributed by atoms with Gasteiger partial charge in [0.15, 0.2) is 5.82 Å². The van der Waals surface area contributed by atoms with Gasteiger partial charge in [0.25, 0.3) is 0 Å². The number of esters is 1. The monoisotopic (exact) mass is 354 g/mol. The predicted octanol–water partition coefficient (Wildman–Crippen LogP) is 1.14. The van der Waals surface area contributed by atoms with Crippen LogP contribution in [0.15, 0.2) is 11.4 Å². The van der Waals surface area contributed by atoms with Gasteiger partial charge in [0.2, 0.25) is 5.91 Å². The summed E-state index contributed by atoms with van der Waals surface area (Å²) in [5.41, 5.74) is 0. The average Bonchev–Trinajstić information content (AvgIpc) is 2.90. The van der Waals surface area contributed by atoms with E-state index < -0.39 is 23.9 Å². The van der Waals surface area contributed by atoms with Gasteiger partial charge in [-0.1, -0.05) is 13.8 Å². The van der Waals surface area contributed by atoms with Gasteiger partial charge in [-0.3, -0.25) is 9.59 Å². The van der Waals surface area contributed by atoms with Crippen molar-refractivity contribution in [3.05, 3.63) is 16.9 Å². The molecular weight excluding hydrogens is 332 g/mol. The average molecular weight is 354 g/mol. The van der Waals surface area contributed by atoms with Crippen LogP contribution in [0.5, 0.6) is 0 Å². The van der Waals surface area contributed by atoms with E-state index in [9.17, 15) is 19.3 Å². The number of nitrogens with one attached hydrogen (secondary N) is 1. The lowest BCUT2D eigenvalue weighted by atomic mass is 10.0. The molecule has 138 valence electrons. The number of carboxylic acid groups (broad SMARTS) is 1. The van der Waals surface area contributed by atoms with Gasteiger partial charge in [0.05, 0.1) is 19.2 Å². The lowest BCUT2D eigenvalue weighted by Gasteiger charge is -2.17. The molecule has 0 radical (unpaired) electrons. The molecule has 10 nitrogen and oxygen atoms in total. The minimum absolute atomic E-state index is 0.00389. The van der Waals surface area contributed by atoms with E-state index in [1.54, 1.807) is 20.8 Å². The summed E-state index contributed by atoms with van der Waals surface area (Å²) in [6, 6.07) is -0.998. The summed E-state index contributed by atoms with van der Waals surface area (Å²) in [6.45, 7) is 5.26. The second-order valence-corrected chi connectivity index (χ2v) is 5.75. The van der Waals surface area contributed by atoms with Gasteiger partial charge in [0, 0.05) is 6.42 Å². The molecule has 0 aliphatic rings. The molecule has 0 saturated carbocycles. The van der Waals surface area contributed by atoms with E-state index in [-0.39, 0.29) is 37.7 Å². The second kappa shape index (κ2) is 9.50. The molecule has 0 aromatic carbocycles. The van der Waals surface area contributed by atoms with Crippen LogP contribution in [-0.2, 0) is 25.7 Å². The molecule has 0 fully saturated rings. The van der Waals surface area contributed by atoms with E-state index in [1.807, 2.05) is 0 Å². The van der Waals surface area contributed by atoms with Crippen molar-refractivity contribution in [3.63, 3.8) is 0 Å². The molecular formula is C15H22N4O6. The number of imidazole rings is 1. The number of aryl methyl sites for hydroxylation is 1. The van der Waals surface area contributed by atoms with Crippen molar-refractivity contribution in [3.8, 4) is 0 Å². The normalized spacial score (nSPS) is 11.8. The van der Waals surface area contributed by atoms with Crippen molar-refractivity contribution in [2.45, 2.75) is 46.2 Å². The van der Waals surface area contributed by atoms with Crippen LogP contribution in [0.4, 0.5) is 5.82 Å². The molecule has 0 aliphatic heterocycles. The molecule has 2 N–H and O–H groups in total. The van der Waals surface area contributed by atoms with Gasteiger partial charge in [0.1, 0.15) is 18.5 Å². The van der Waals surface area contributed by atoms with Crippen molar-refractivity contribution < 1.29 is 24.2 Å². The van der Waals surface area contributed by atoms with Crippen LogP contribution in [0.3, 0.4) is 0 Å². The van der Waals surface area contributed by atoms with Crippen molar-refractivity contribution in [2.24, 2.45) is 11.1 Å². The van der Waals surface area contributed by atoms with Crippen LogP contribution in [0, 0.1) is 17.7 Å². The molecule has 0 bridgehead atoms. The third-order valence-electron chi connectivity index (χ3n) is 3.51. The van der Waals surface area contributed by atoms with E-state index >= 15 is 0 Å². The predicted molar refractivity (Wildman–Crippen MR) is 87.0 cm³/mol. The molecule has 1 aromatic heterocycles. The van der Waals surface area contributed by atoms with Crippen molar-refractivity contribution in [1.82, 2.24) is 14.9 Å². The van der Waals surface area contributed by atoms with E-state index in [4.69, 9.17) is 9.84 Å². The van der Waals surface area contributed by atoms with Crippen molar-refractivity contribution >= 4 is 23.7 Å². The minimum atomic E-state index is -1.12. The van der Waals surface area contributed by atoms with Crippen LogP contribution in [-0.4, -0.2) is 45.2 Å². The van der Waals surface area contributed by atoms with Crippen LogP contribution in [0.2, 0.25) is 0 Å². The highest BCUT2D eigenvalue weighted by Gasteiger charge is 2.23. The highest BCUT2D eigenvalue weighted by atomic mass is 16.5. The third kappa shape index (κ3) is 6.32. The number of amides is 1. The van der Waals surface area contributed by atoms with Gasteiger partial charge in [-0.05, 0) is 18.0 Å². The zero-order valence-electron chi connectivity index (χ0n) is 14.4. The summed E-state index contributed by atoms with van der Waals surface area (Å²) in [7, 11) is 0. The van der Waals surface area contributed by atoms with Crippen LogP contribution in [0.1, 0.15) is 32.5 Å². The Bertz CT molecular complexity index is 640. The number of hydrogen-bond acceptors (Lipinski definition) is 7. The smallest absolute Gasteiger partial charge is 0.326 e. The summed E-state index contributed by atoms with van der Waals surface area (Å²) < 4.78 is 6.50. The summed E-state index contributed by atoms with van der Waals surface area (Å²) in [5.74, 6) is -1.81. The molecule has 1 rings (SSSR count). The number of carbonyl (C=O) groups excluding carboxylic acids is 2. The first-order valence-electron chi connectivity index (χ1n) is 7.79. The highest BCUT2D eigenvalue weighted by Crippen LogP contribution is 2.13. The molecule has 1 atom stereocenters. The molecule has 10 heteroatoms. The fourth-order valence-corrected chi connectivity index (χ4v) is 2.10. The molecule has 0 spiro atoms. The number of aliphatic carboxylic acids is 1. The van der Waals surface area contributed by atoms with Crippen LogP contribution >= 0.6 is 0 Å². The Labute approximate surface area is 144 Å². The number of rotatable bonds is 10. The molecule has 1 amide bonds. The standard InChI is InChI=1S/C15H22N4O6/c1-9(2)14(15(22)23)17-12(20)4-5-13(21)25-7-6-19-10(3)16-8-11(19)18-24/h8-9,14H,4-7H2,1-3H3,(H,17,20)(H,22,23). The number of ether oxygens (including phenoxy) is 1. The number of carbonyl (C=O) groups is 3. The lowest BCUT2D eigenvalue weighted by molar-refractivity contribution is -0.145. The van der Waals surface area contributed by atoms with Crippen LogP contribution in [0.25, 0.3) is 0 Å². The summed E-state index contributed by atoms with van der Waals surface area (Å²) in [4.78, 5) is 48.9. The molecule has 25 heavy (non-hydrogen) atoms. The van der Waals surface area contributed by atoms with E-state index in [0.717, 1.165) is 0 Å². The van der Waals surface area contributed by atoms with Gasteiger partial charge in [-0.2, -0.15) is 0 Å². The number of aromatic nitrogens is 2. The Kier molecular flexibility index (Phi) is 7.70. The third-order valence-corrected chi connectivity index (χ3v) is 3.51. The largest absolute Gasteiger partial charge is 0.480 e. The van der Waals surface area contributed by atoms with E-state index in [1.165, 1.54) is 10.8 Å². The first-order chi connectivity index (χ1) is 11.8. The SMILES string of the molecule is Cc1ncc(N=O)n1CCOC(=O)CCC(=O)NC(C(=O)O)C(C)C. The van der Waals surface area contributed by atoms with Gasteiger partial charge in [-0.15, -0.1) is 4.91 Å². The zero-order valence-corrected chi connectivity index (χ0v) is 14.4. The van der Waals surface area contributed by atoms with Gasteiger partial charge in [-0.25, -0.2) is 9.78 Å². The maximum Gasteiger partial charge on any atom is 0.326 e. The maximum absolute atomic E-state index is 11.7. The number of nitroso groups, excluding NO2 is 1. The van der Waals surface area contributed by atoms with Gasteiger partial charge >= 0.3 is 11.9 Å². The van der Waals surface area contributed by atoms with Crippen LogP contribution < -0.4 is 5.32 Å². The molecule has 1 heterocycles. The molecule has 1 aromatic rings. The zero-order chi connectivity index (χ0) is 19.0. The Hall–Kier alpha value is -2.78. The lowest BCUT2D eigenvalue weighted by Crippen LogP contribution is -2.44. The van der Waals surface area contributed by atoms with E-state index in [2.05, 4.69) is 15.5 Å². The van der Waals surface area contributed by atoms with E-state index in [0.29, 0.717) is 5.82 Å². The number of carboxylic acids is 1. The fourth-order valence-electron chi connectivity index (χ4n) is 2.10. The fraction of sp³-hybridized carbons (Fsp3) is 0.600. The molecule has 0 saturated heterocycles. The maximum atomic E-state index is 11.7. The molecule has 1 unspecified atom stereocenters. The first-order valence-corrected chi connectivity index (χ1v) is 7.79. The number of hydrogen-bond donors (Lipinski definition) is 2. The van der Waals surface area contributed by atoms with Gasteiger partial charge < -0.3 is 19.7 Å². The Morgan fingerprint density at radius 1 is 1.36 bits per heavy atom. The number of nitrogens with zero attached hydrogens (tertiary/aromatic N) is 3. The van der Waals surface area contributed by atoms with Crippen molar-refractivity contribution in [1.29, 1.82) is 0 Å². The minimum Gasteiger partial charge on any atom is -0.480 e. The Morgan fingerprint density at radius 2 is 2.04 bits per heavy atom. The topological polar surface area (TPSA) is 140 Å². The van der Waals surface area contributed by atoms with Crippen molar-refractivity contribution in [2.75, 3.05) is 6.61 Å². The summed E-state index contributed by atoms with van der Waals surface area (Å²) >= 11 is 0. The quantitative estimate of drug-likeness (QED) is 0.474. The second-order valence-electron chi connectivity index (χ2n) is 5.75. The summed E-state index contributed by atoms with van der Waals surface area (Å²) in [5, 5.41) is 14.2. The molecule has 0 aliphatic carbocycles. The Morgan fingerprint density at radius 3 is 2.60 bits per heavy atom. The highest BCUT2D eigenvalue weighted by molar-refractivity contribution is 5.85. The summed E-state index contributed by atoms with van der Waals surface area (Å²) in [6.07, 6.45) is 0.987. The Balaban J connectivity index is 2.35.